The van der Waals surface area contributed by atoms with Gasteiger partial charge in [0.2, 0.25) is 11.8 Å². The smallest absolute Gasteiger partial charge is 0.254 e. The number of hydrogen-bond acceptors (Lipinski definition) is 3. The van der Waals surface area contributed by atoms with E-state index in [9.17, 15) is 14.4 Å². The predicted octanol–water partition coefficient (Wildman–Crippen LogP) is 3.06. The maximum atomic E-state index is 13.2. The maximum Gasteiger partial charge on any atom is 0.254 e. The van der Waals surface area contributed by atoms with Crippen molar-refractivity contribution in [2.45, 2.75) is 25.9 Å². The van der Waals surface area contributed by atoms with Gasteiger partial charge in [0.05, 0.1) is 0 Å². The van der Waals surface area contributed by atoms with Gasteiger partial charge in [0, 0.05) is 49.7 Å². The van der Waals surface area contributed by atoms with Crippen LogP contribution in [0.5, 0.6) is 0 Å². The van der Waals surface area contributed by atoms with E-state index in [0.29, 0.717) is 24.2 Å². The first-order valence-electron chi connectivity index (χ1n) is 8.93. The van der Waals surface area contributed by atoms with Gasteiger partial charge in [0.25, 0.3) is 5.91 Å². The Kier molecular flexibility index (Phi) is 5.84. The average molecular weight is 444 g/mol. The zero-order chi connectivity index (χ0) is 20.4. The van der Waals surface area contributed by atoms with Crippen molar-refractivity contribution in [3.05, 3.63) is 63.6 Å². The van der Waals surface area contributed by atoms with E-state index in [-0.39, 0.29) is 17.7 Å². The van der Waals surface area contributed by atoms with Gasteiger partial charge in [-0.25, -0.2) is 0 Å². The minimum absolute atomic E-state index is 0.111. The summed E-state index contributed by atoms with van der Waals surface area (Å²) in [6.45, 7) is 1.76. The second-order valence-corrected chi connectivity index (χ2v) is 7.98. The normalized spacial score (nSPS) is 15.6. The number of nitrogens with one attached hydrogen (secondary N) is 1. The molecule has 7 heteroatoms. The second-order valence-electron chi connectivity index (χ2n) is 7.06. The lowest BCUT2D eigenvalue weighted by molar-refractivity contribution is -0.134. The first-order valence-corrected chi connectivity index (χ1v) is 9.72. The molecule has 28 heavy (non-hydrogen) atoms. The minimum atomic E-state index is -0.569. The summed E-state index contributed by atoms with van der Waals surface area (Å²) in [6, 6.07) is 12.2. The molecule has 146 valence electrons. The van der Waals surface area contributed by atoms with Crippen LogP contribution in [0.2, 0.25) is 0 Å². The molecule has 1 heterocycles. The van der Waals surface area contributed by atoms with Gasteiger partial charge in [0.15, 0.2) is 0 Å². The second kappa shape index (κ2) is 8.14. The van der Waals surface area contributed by atoms with Crippen molar-refractivity contribution in [3.63, 3.8) is 0 Å². The third-order valence-electron chi connectivity index (χ3n) is 4.72. The monoisotopic (exact) mass is 443 g/mol. The van der Waals surface area contributed by atoms with Gasteiger partial charge in [-0.15, -0.1) is 0 Å². The third-order valence-corrected chi connectivity index (χ3v) is 5.21. The highest BCUT2D eigenvalue weighted by atomic mass is 79.9. The molecular weight excluding hydrogens is 422 g/mol. The van der Waals surface area contributed by atoms with E-state index in [2.05, 4.69) is 21.2 Å². The SMILES string of the molecule is CC(=O)Nc1ccc2c(c1)CN(C(=O)c1cccc(Br)c1)[C@@H](C(=O)N(C)C)C2. The highest BCUT2D eigenvalue weighted by molar-refractivity contribution is 9.10. The van der Waals surface area contributed by atoms with Gasteiger partial charge in [-0.2, -0.15) is 0 Å². The maximum absolute atomic E-state index is 13.2. The first-order chi connectivity index (χ1) is 13.3. The molecule has 0 spiro atoms. The zero-order valence-electron chi connectivity index (χ0n) is 16.0. The molecular formula is C21H22BrN3O3. The highest BCUT2D eigenvalue weighted by Crippen LogP contribution is 2.28. The molecule has 0 aliphatic carbocycles. The van der Waals surface area contributed by atoms with Crippen LogP contribution in [0.15, 0.2) is 46.9 Å². The molecule has 3 rings (SSSR count). The summed E-state index contributed by atoms with van der Waals surface area (Å²) in [7, 11) is 3.39. The van der Waals surface area contributed by atoms with Crippen molar-refractivity contribution in [2.24, 2.45) is 0 Å². The Morgan fingerprint density at radius 1 is 1.11 bits per heavy atom. The van der Waals surface area contributed by atoms with Crippen molar-refractivity contribution in [1.29, 1.82) is 0 Å². The number of nitrogens with zero attached hydrogens (tertiary/aromatic N) is 2. The van der Waals surface area contributed by atoms with E-state index in [1.165, 1.54) is 11.8 Å². The van der Waals surface area contributed by atoms with Crippen molar-refractivity contribution < 1.29 is 14.4 Å². The zero-order valence-corrected chi connectivity index (χ0v) is 17.6. The van der Waals surface area contributed by atoms with Crippen molar-refractivity contribution in [3.8, 4) is 0 Å². The van der Waals surface area contributed by atoms with Crippen molar-refractivity contribution in [1.82, 2.24) is 9.80 Å². The Labute approximate surface area is 172 Å². The topological polar surface area (TPSA) is 69.7 Å². The van der Waals surface area contributed by atoms with E-state index in [4.69, 9.17) is 0 Å². The van der Waals surface area contributed by atoms with Gasteiger partial charge in [-0.1, -0.05) is 28.1 Å². The van der Waals surface area contributed by atoms with Crippen LogP contribution in [-0.4, -0.2) is 47.7 Å². The molecule has 0 aromatic heterocycles. The number of carbonyl (C=O) groups excluding carboxylic acids is 3. The fourth-order valence-electron chi connectivity index (χ4n) is 3.38. The number of halogens is 1. The van der Waals surface area contributed by atoms with Crippen molar-refractivity contribution >= 4 is 39.3 Å². The van der Waals surface area contributed by atoms with E-state index in [0.717, 1.165) is 15.6 Å². The lowest BCUT2D eigenvalue weighted by Gasteiger charge is -2.37. The minimum Gasteiger partial charge on any atom is -0.347 e. The number of amides is 3. The number of anilines is 1. The van der Waals surface area contributed by atoms with Gasteiger partial charge in [0.1, 0.15) is 6.04 Å². The fraction of sp³-hybridized carbons (Fsp3) is 0.286. The van der Waals surface area contributed by atoms with E-state index in [1.54, 1.807) is 37.2 Å². The molecule has 0 saturated heterocycles. The molecule has 0 fully saturated rings. The van der Waals surface area contributed by atoms with Gasteiger partial charge in [-0.3, -0.25) is 14.4 Å². The predicted molar refractivity (Wildman–Crippen MR) is 111 cm³/mol. The summed E-state index contributed by atoms with van der Waals surface area (Å²) in [4.78, 5) is 40.5. The van der Waals surface area contributed by atoms with Crippen LogP contribution in [-0.2, 0) is 22.6 Å². The van der Waals surface area contributed by atoms with Crippen LogP contribution in [0.3, 0.4) is 0 Å². The molecule has 1 aliphatic heterocycles. The van der Waals surface area contributed by atoms with Crippen LogP contribution in [0, 0.1) is 0 Å². The molecule has 3 amide bonds. The molecule has 1 atom stereocenters. The molecule has 2 aromatic carbocycles. The van der Waals surface area contributed by atoms with Crippen LogP contribution < -0.4 is 5.32 Å². The van der Waals surface area contributed by atoms with Gasteiger partial charge >= 0.3 is 0 Å². The fourth-order valence-corrected chi connectivity index (χ4v) is 3.78. The third kappa shape index (κ3) is 4.25. The lowest BCUT2D eigenvalue weighted by Crippen LogP contribution is -2.52. The molecule has 0 bridgehead atoms. The number of benzene rings is 2. The Morgan fingerprint density at radius 2 is 1.86 bits per heavy atom. The summed E-state index contributed by atoms with van der Waals surface area (Å²) in [5.41, 5.74) is 3.14. The quantitative estimate of drug-likeness (QED) is 0.792. The molecule has 0 saturated carbocycles. The number of hydrogen-bond donors (Lipinski definition) is 1. The molecule has 1 N–H and O–H groups in total. The summed E-state index contributed by atoms with van der Waals surface area (Å²) in [6.07, 6.45) is 0.437. The van der Waals surface area contributed by atoms with E-state index >= 15 is 0 Å². The van der Waals surface area contributed by atoms with Crippen LogP contribution in [0.25, 0.3) is 0 Å². The lowest BCUT2D eigenvalue weighted by atomic mass is 9.92. The standard InChI is InChI=1S/C21H22BrN3O3/c1-13(26)23-18-8-7-14-11-19(21(28)24(2)3)25(12-16(14)10-18)20(27)15-5-4-6-17(22)9-15/h4-10,19H,11-12H2,1-3H3,(H,23,26)/t19-/m1/s1. The average Bonchev–Trinajstić information content (AvgIpc) is 2.65. The number of rotatable bonds is 3. The van der Waals surface area contributed by atoms with Crippen LogP contribution >= 0.6 is 15.9 Å². The molecule has 0 radical (unpaired) electrons. The number of carbonyl (C=O) groups is 3. The van der Waals surface area contributed by atoms with Gasteiger partial charge < -0.3 is 15.1 Å². The molecule has 0 unspecified atom stereocenters. The number of likely N-dealkylation sites (N-methyl/N-ethyl adjacent to an activating group) is 1. The number of fused-ring (bicyclic) bond motifs is 1. The Morgan fingerprint density at radius 3 is 2.50 bits per heavy atom. The summed E-state index contributed by atoms with van der Waals surface area (Å²) < 4.78 is 0.805. The summed E-state index contributed by atoms with van der Waals surface area (Å²) >= 11 is 3.39. The Bertz CT molecular complexity index is 942. The molecule has 1 aliphatic rings. The summed E-state index contributed by atoms with van der Waals surface area (Å²) in [5.74, 6) is -0.462. The molecule has 2 aromatic rings. The molecule has 6 nitrogen and oxygen atoms in total. The highest BCUT2D eigenvalue weighted by Gasteiger charge is 2.36. The Balaban J connectivity index is 1.99. The first kappa shape index (κ1) is 20.1. The van der Waals surface area contributed by atoms with Crippen molar-refractivity contribution in [2.75, 3.05) is 19.4 Å². The largest absolute Gasteiger partial charge is 0.347 e. The van der Waals surface area contributed by atoms with Crippen LogP contribution in [0.4, 0.5) is 5.69 Å². The Hall–Kier alpha value is -2.67. The van der Waals surface area contributed by atoms with Crippen LogP contribution in [0.1, 0.15) is 28.4 Å². The van der Waals surface area contributed by atoms with E-state index < -0.39 is 6.04 Å². The van der Waals surface area contributed by atoms with Gasteiger partial charge in [-0.05, 0) is 41.5 Å². The van der Waals surface area contributed by atoms with E-state index in [1.807, 2.05) is 24.3 Å². The summed E-state index contributed by atoms with van der Waals surface area (Å²) in [5, 5.41) is 2.77.